The second-order valence-electron chi connectivity index (χ2n) is 7.28. The molecule has 156 valence electrons. The maximum Gasteiger partial charge on any atom is 0.319 e. The topological polar surface area (TPSA) is 70.4 Å². The molecule has 1 saturated heterocycles. The lowest BCUT2D eigenvalue weighted by atomic mass is 10.1. The van der Waals surface area contributed by atoms with Crippen LogP contribution in [0.15, 0.2) is 59.1 Å². The number of likely N-dealkylation sites (tertiary alicyclic amines) is 1. The second-order valence-corrected chi connectivity index (χ2v) is 7.72. The number of urea groups is 1. The van der Waals surface area contributed by atoms with Crippen molar-refractivity contribution in [3.8, 4) is 11.3 Å². The van der Waals surface area contributed by atoms with E-state index in [9.17, 15) is 9.18 Å². The van der Waals surface area contributed by atoms with E-state index in [0.717, 1.165) is 31.5 Å². The van der Waals surface area contributed by atoms with Crippen molar-refractivity contribution in [1.82, 2.24) is 15.2 Å². The third-order valence-electron chi connectivity index (χ3n) is 5.05. The Kier molecular flexibility index (Phi) is 6.30. The number of halogens is 2. The monoisotopic (exact) mass is 428 g/mol. The summed E-state index contributed by atoms with van der Waals surface area (Å²) in [6.45, 7) is 2.28. The van der Waals surface area contributed by atoms with Gasteiger partial charge in [0.05, 0.1) is 12.7 Å². The summed E-state index contributed by atoms with van der Waals surface area (Å²) in [4.78, 5) is 18.8. The highest BCUT2D eigenvalue weighted by Gasteiger charge is 2.22. The van der Waals surface area contributed by atoms with E-state index < -0.39 is 0 Å². The molecule has 1 fully saturated rings. The van der Waals surface area contributed by atoms with Gasteiger partial charge in [0.2, 0.25) is 5.89 Å². The Morgan fingerprint density at radius 3 is 2.70 bits per heavy atom. The van der Waals surface area contributed by atoms with Gasteiger partial charge in [0.1, 0.15) is 5.82 Å². The molecule has 2 aromatic carbocycles. The van der Waals surface area contributed by atoms with Crippen molar-refractivity contribution in [2.75, 3.05) is 18.4 Å². The van der Waals surface area contributed by atoms with Crippen LogP contribution in [0.3, 0.4) is 0 Å². The maximum absolute atomic E-state index is 12.9. The largest absolute Gasteiger partial charge is 0.439 e. The average molecular weight is 429 g/mol. The zero-order valence-corrected chi connectivity index (χ0v) is 17.0. The van der Waals surface area contributed by atoms with E-state index in [1.165, 1.54) is 24.3 Å². The fourth-order valence-corrected chi connectivity index (χ4v) is 3.66. The van der Waals surface area contributed by atoms with Crippen LogP contribution in [0.5, 0.6) is 0 Å². The summed E-state index contributed by atoms with van der Waals surface area (Å²) in [5.74, 6) is 1.02. The molecule has 0 bridgehead atoms. The minimum absolute atomic E-state index is 0.0910. The number of anilines is 1. The zero-order valence-electron chi connectivity index (χ0n) is 16.3. The first-order chi connectivity index (χ1) is 14.5. The molecule has 3 aromatic rings. The molecular formula is C22H22ClFN4O2. The molecule has 0 spiro atoms. The number of oxazole rings is 1. The predicted molar refractivity (Wildman–Crippen MR) is 114 cm³/mol. The van der Waals surface area contributed by atoms with Crippen LogP contribution in [0.2, 0.25) is 5.02 Å². The van der Waals surface area contributed by atoms with Gasteiger partial charge in [-0.2, -0.15) is 0 Å². The number of hydrogen-bond donors (Lipinski definition) is 2. The molecule has 1 aliphatic heterocycles. The van der Waals surface area contributed by atoms with Crippen molar-refractivity contribution < 1.29 is 13.6 Å². The molecule has 6 nitrogen and oxygen atoms in total. The van der Waals surface area contributed by atoms with Gasteiger partial charge in [-0.25, -0.2) is 14.2 Å². The van der Waals surface area contributed by atoms with Gasteiger partial charge in [-0.3, -0.25) is 4.90 Å². The number of benzene rings is 2. The van der Waals surface area contributed by atoms with E-state index in [0.29, 0.717) is 28.9 Å². The standard InChI is InChI=1S/C22H22ClFN4O2/c23-16-3-1-2-15(12-16)20-13-25-21(30-20)14-28-10-8-19(9-11-28)27-22(29)26-18-6-4-17(24)5-7-18/h1-7,12-13,19H,8-11,14H2,(H2,26,27,29). The van der Waals surface area contributed by atoms with Crippen molar-refractivity contribution >= 4 is 23.3 Å². The number of aromatic nitrogens is 1. The molecule has 0 unspecified atom stereocenters. The molecule has 2 heterocycles. The minimum atomic E-state index is -0.334. The van der Waals surface area contributed by atoms with Crippen molar-refractivity contribution in [2.24, 2.45) is 0 Å². The molecule has 30 heavy (non-hydrogen) atoms. The zero-order chi connectivity index (χ0) is 20.9. The van der Waals surface area contributed by atoms with E-state index in [4.69, 9.17) is 16.0 Å². The van der Waals surface area contributed by atoms with E-state index in [1.807, 2.05) is 24.3 Å². The van der Waals surface area contributed by atoms with Gasteiger partial charge < -0.3 is 15.1 Å². The number of amides is 2. The summed E-state index contributed by atoms with van der Waals surface area (Å²) in [6.07, 6.45) is 3.38. The lowest BCUT2D eigenvalue weighted by Crippen LogP contribution is -2.45. The van der Waals surface area contributed by atoms with Crippen LogP contribution >= 0.6 is 11.6 Å². The minimum Gasteiger partial charge on any atom is -0.439 e. The van der Waals surface area contributed by atoms with Gasteiger partial charge >= 0.3 is 6.03 Å². The first-order valence-corrected chi connectivity index (χ1v) is 10.2. The molecular weight excluding hydrogens is 407 g/mol. The number of nitrogens with one attached hydrogen (secondary N) is 2. The fourth-order valence-electron chi connectivity index (χ4n) is 3.47. The molecule has 1 aliphatic rings. The van der Waals surface area contributed by atoms with Gasteiger partial charge in [0.25, 0.3) is 0 Å². The number of hydrogen-bond acceptors (Lipinski definition) is 4. The molecule has 2 amide bonds. The first kappa shape index (κ1) is 20.4. The van der Waals surface area contributed by atoms with Crippen LogP contribution in [0.4, 0.5) is 14.9 Å². The Balaban J connectivity index is 1.24. The summed E-state index contributed by atoms with van der Waals surface area (Å²) in [5, 5.41) is 6.36. The summed E-state index contributed by atoms with van der Waals surface area (Å²) in [6, 6.07) is 13.0. The van der Waals surface area contributed by atoms with Crippen molar-refractivity contribution in [3.05, 3.63) is 71.5 Å². The molecule has 0 aliphatic carbocycles. The smallest absolute Gasteiger partial charge is 0.319 e. The third kappa shape index (κ3) is 5.37. The Morgan fingerprint density at radius 2 is 1.97 bits per heavy atom. The van der Waals surface area contributed by atoms with Gasteiger partial charge in [-0.1, -0.05) is 23.7 Å². The molecule has 0 saturated carbocycles. The normalized spacial score (nSPS) is 15.1. The molecule has 4 rings (SSSR count). The lowest BCUT2D eigenvalue weighted by molar-refractivity contribution is 0.177. The predicted octanol–water partition coefficient (Wildman–Crippen LogP) is 4.92. The summed E-state index contributed by atoms with van der Waals surface area (Å²) < 4.78 is 18.8. The highest BCUT2D eigenvalue weighted by Crippen LogP contribution is 2.24. The molecule has 2 N–H and O–H groups in total. The van der Waals surface area contributed by atoms with Crippen LogP contribution in [-0.2, 0) is 6.54 Å². The Labute approximate surface area is 179 Å². The van der Waals surface area contributed by atoms with Crippen LogP contribution in [0.1, 0.15) is 18.7 Å². The van der Waals surface area contributed by atoms with Crippen LogP contribution < -0.4 is 10.6 Å². The highest BCUT2D eigenvalue weighted by atomic mass is 35.5. The van der Waals surface area contributed by atoms with Crippen molar-refractivity contribution in [2.45, 2.75) is 25.4 Å². The van der Waals surface area contributed by atoms with E-state index >= 15 is 0 Å². The van der Waals surface area contributed by atoms with Crippen LogP contribution in [-0.4, -0.2) is 35.0 Å². The number of piperidine rings is 1. The first-order valence-electron chi connectivity index (χ1n) is 9.81. The Hall–Kier alpha value is -2.90. The van der Waals surface area contributed by atoms with Crippen LogP contribution in [0, 0.1) is 5.82 Å². The van der Waals surface area contributed by atoms with Gasteiger partial charge in [-0.15, -0.1) is 0 Å². The Morgan fingerprint density at radius 1 is 1.20 bits per heavy atom. The summed E-state index contributed by atoms with van der Waals surface area (Å²) in [7, 11) is 0. The van der Waals surface area contributed by atoms with Gasteiger partial charge in [0, 0.05) is 35.4 Å². The van der Waals surface area contributed by atoms with E-state index in [1.54, 1.807) is 6.20 Å². The quantitative estimate of drug-likeness (QED) is 0.605. The van der Waals surface area contributed by atoms with Crippen LogP contribution in [0.25, 0.3) is 11.3 Å². The lowest BCUT2D eigenvalue weighted by Gasteiger charge is -2.31. The van der Waals surface area contributed by atoms with E-state index in [-0.39, 0.29) is 17.9 Å². The number of carbonyl (C=O) groups is 1. The molecule has 0 atom stereocenters. The van der Waals surface area contributed by atoms with Crippen molar-refractivity contribution in [1.29, 1.82) is 0 Å². The van der Waals surface area contributed by atoms with Gasteiger partial charge in [0.15, 0.2) is 5.76 Å². The Bertz CT molecular complexity index is 1000. The third-order valence-corrected chi connectivity index (χ3v) is 5.28. The van der Waals surface area contributed by atoms with E-state index in [2.05, 4.69) is 20.5 Å². The molecule has 8 heteroatoms. The van der Waals surface area contributed by atoms with Crippen molar-refractivity contribution in [3.63, 3.8) is 0 Å². The number of nitrogens with zero attached hydrogens (tertiary/aromatic N) is 2. The molecule has 0 radical (unpaired) electrons. The maximum atomic E-state index is 12.9. The summed E-state index contributed by atoms with van der Waals surface area (Å²) in [5.41, 5.74) is 1.46. The fraction of sp³-hybridized carbons (Fsp3) is 0.273. The van der Waals surface area contributed by atoms with Gasteiger partial charge in [-0.05, 0) is 49.2 Å². The average Bonchev–Trinajstić information content (AvgIpc) is 3.20. The number of rotatable bonds is 5. The SMILES string of the molecule is O=C(Nc1ccc(F)cc1)NC1CCN(Cc2ncc(-c3cccc(Cl)c3)o2)CC1. The number of carbonyl (C=O) groups excluding carboxylic acids is 1. The summed E-state index contributed by atoms with van der Waals surface area (Å²) >= 11 is 6.04. The second kappa shape index (κ2) is 9.28. The molecule has 1 aromatic heterocycles. The highest BCUT2D eigenvalue weighted by molar-refractivity contribution is 6.30.